The van der Waals surface area contributed by atoms with Crippen LogP contribution in [0, 0.1) is 11.3 Å². The summed E-state index contributed by atoms with van der Waals surface area (Å²) in [6, 6.07) is 4.32. The summed E-state index contributed by atoms with van der Waals surface area (Å²) in [7, 11) is 0. The molecule has 1 saturated carbocycles. The van der Waals surface area contributed by atoms with Gasteiger partial charge in [-0.3, -0.25) is 4.79 Å². The Morgan fingerprint density at radius 1 is 1.43 bits per heavy atom. The summed E-state index contributed by atoms with van der Waals surface area (Å²) >= 11 is 0. The number of nitrogens with one attached hydrogen (secondary N) is 1. The van der Waals surface area contributed by atoms with Gasteiger partial charge in [-0.05, 0) is 56.6 Å². The van der Waals surface area contributed by atoms with Crippen molar-refractivity contribution in [1.29, 1.82) is 0 Å². The van der Waals surface area contributed by atoms with Gasteiger partial charge in [-0.1, -0.05) is 6.92 Å². The molecule has 1 saturated heterocycles. The van der Waals surface area contributed by atoms with Crippen molar-refractivity contribution in [2.45, 2.75) is 51.5 Å². The Morgan fingerprint density at radius 3 is 2.81 bits per heavy atom. The highest BCUT2D eigenvalue weighted by Gasteiger charge is 2.45. The number of nitrogens with zero attached hydrogens (tertiary/aromatic N) is 1. The molecule has 1 amide bonds. The number of rotatable bonds is 3. The monoisotopic (exact) mass is 289 g/mol. The number of likely N-dealkylation sites (tertiary alicyclic amines) is 1. The van der Waals surface area contributed by atoms with Crippen LogP contribution in [-0.4, -0.2) is 28.9 Å². The summed E-state index contributed by atoms with van der Waals surface area (Å²) in [5.41, 5.74) is 6.92. The van der Waals surface area contributed by atoms with Gasteiger partial charge in [-0.25, -0.2) is 0 Å². The van der Waals surface area contributed by atoms with Gasteiger partial charge in [0.05, 0.1) is 11.5 Å². The van der Waals surface area contributed by atoms with Crippen LogP contribution in [0.5, 0.6) is 0 Å². The van der Waals surface area contributed by atoms with Crippen LogP contribution in [-0.2, 0) is 4.79 Å². The second kappa shape index (κ2) is 5.84. The number of aromatic nitrogens is 1. The molecule has 1 unspecified atom stereocenters. The fourth-order valence-corrected chi connectivity index (χ4v) is 4.01. The second-order valence-electron chi connectivity index (χ2n) is 6.95. The van der Waals surface area contributed by atoms with Crippen LogP contribution in [0.3, 0.4) is 0 Å². The first-order valence-corrected chi connectivity index (χ1v) is 8.31. The molecule has 0 spiro atoms. The Labute approximate surface area is 127 Å². The van der Waals surface area contributed by atoms with E-state index in [1.165, 1.54) is 0 Å². The van der Waals surface area contributed by atoms with Gasteiger partial charge in [0.25, 0.3) is 0 Å². The summed E-state index contributed by atoms with van der Waals surface area (Å²) in [6.07, 6.45) is 8.26. The zero-order valence-electron chi connectivity index (χ0n) is 13.0. The summed E-state index contributed by atoms with van der Waals surface area (Å²) in [6.45, 7) is 3.65. The number of H-pyrrole nitrogens is 1. The molecule has 2 fully saturated rings. The molecule has 3 rings (SSSR count). The number of hydrogen-bond acceptors (Lipinski definition) is 2. The van der Waals surface area contributed by atoms with Crippen molar-refractivity contribution >= 4 is 5.91 Å². The Kier molecular flexibility index (Phi) is 4.07. The molecule has 1 aliphatic carbocycles. The number of carbonyl (C=O) groups is 1. The molecule has 21 heavy (non-hydrogen) atoms. The Balaban J connectivity index is 1.79. The van der Waals surface area contributed by atoms with Gasteiger partial charge >= 0.3 is 0 Å². The minimum atomic E-state index is -0.304. The molecule has 116 valence electrons. The summed E-state index contributed by atoms with van der Waals surface area (Å²) in [5.74, 6) is 1.03. The lowest BCUT2D eigenvalue weighted by atomic mass is 9.70. The molecular weight excluding hydrogens is 262 g/mol. The van der Waals surface area contributed by atoms with Gasteiger partial charge in [0.15, 0.2) is 0 Å². The quantitative estimate of drug-likeness (QED) is 0.898. The average Bonchev–Trinajstić information content (AvgIpc) is 3.18. The van der Waals surface area contributed by atoms with Crippen molar-refractivity contribution in [3.63, 3.8) is 0 Å². The van der Waals surface area contributed by atoms with Crippen molar-refractivity contribution < 1.29 is 4.79 Å². The molecule has 0 radical (unpaired) electrons. The molecule has 4 nitrogen and oxygen atoms in total. The molecule has 2 aliphatic rings. The predicted molar refractivity (Wildman–Crippen MR) is 83.6 cm³/mol. The average molecular weight is 289 g/mol. The van der Waals surface area contributed by atoms with Crippen LogP contribution >= 0.6 is 0 Å². The van der Waals surface area contributed by atoms with Gasteiger partial charge in [-0.15, -0.1) is 0 Å². The van der Waals surface area contributed by atoms with Gasteiger partial charge in [0.2, 0.25) is 5.91 Å². The highest BCUT2D eigenvalue weighted by Crippen LogP contribution is 2.43. The molecule has 0 bridgehead atoms. The van der Waals surface area contributed by atoms with Crippen LogP contribution < -0.4 is 5.73 Å². The lowest BCUT2D eigenvalue weighted by Gasteiger charge is -2.41. The largest absolute Gasteiger partial charge is 0.363 e. The van der Waals surface area contributed by atoms with Crippen LogP contribution in [0.2, 0.25) is 0 Å². The molecule has 1 aromatic rings. The zero-order valence-corrected chi connectivity index (χ0v) is 13.0. The van der Waals surface area contributed by atoms with E-state index in [4.69, 9.17) is 5.73 Å². The SMILES string of the molecule is CC1CCC(CN)(C(=O)N2CCCC2c2ccc[nH]2)CC1. The summed E-state index contributed by atoms with van der Waals surface area (Å²) in [4.78, 5) is 18.6. The van der Waals surface area contributed by atoms with E-state index in [2.05, 4.69) is 22.9 Å². The minimum absolute atomic E-state index is 0.218. The van der Waals surface area contributed by atoms with Crippen molar-refractivity contribution in [2.24, 2.45) is 17.1 Å². The smallest absolute Gasteiger partial charge is 0.230 e. The lowest BCUT2D eigenvalue weighted by molar-refractivity contribution is -0.145. The molecule has 1 atom stereocenters. The van der Waals surface area contributed by atoms with Crippen LogP contribution in [0.1, 0.15) is 57.2 Å². The van der Waals surface area contributed by atoms with Crippen LogP contribution in [0.25, 0.3) is 0 Å². The van der Waals surface area contributed by atoms with Crippen molar-refractivity contribution in [3.05, 3.63) is 24.0 Å². The normalized spacial score (nSPS) is 33.3. The maximum absolute atomic E-state index is 13.2. The van der Waals surface area contributed by atoms with Gasteiger partial charge < -0.3 is 15.6 Å². The first kappa shape index (κ1) is 14.6. The van der Waals surface area contributed by atoms with E-state index in [-0.39, 0.29) is 11.5 Å². The lowest BCUT2D eigenvalue weighted by Crippen LogP contribution is -2.49. The third-order valence-corrected chi connectivity index (χ3v) is 5.57. The molecule has 2 heterocycles. The molecule has 4 heteroatoms. The number of carbonyl (C=O) groups excluding carboxylic acids is 1. The van der Waals surface area contributed by atoms with Crippen molar-refractivity contribution in [3.8, 4) is 0 Å². The van der Waals surface area contributed by atoms with E-state index >= 15 is 0 Å². The molecular formula is C17H27N3O. The van der Waals surface area contributed by atoms with E-state index in [1.807, 2.05) is 12.3 Å². The molecule has 1 aliphatic heterocycles. The van der Waals surface area contributed by atoms with Crippen LogP contribution in [0.15, 0.2) is 18.3 Å². The Morgan fingerprint density at radius 2 is 2.19 bits per heavy atom. The maximum Gasteiger partial charge on any atom is 0.230 e. The first-order valence-electron chi connectivity index (χ1n) is 8.31. The van der Waals surface area contributed by atoms with Gasteiger partial charge in [0, 0.05) is 25.0 Å². The van der Waals surface area contributed by atoms with Gasteiger partial charge in [-0.2, -0.15) is 0 Å². The zero-order chi connectivity index (χ0) is 14.9. The van der Waals surface area contributed by atoms with Crippen LogP contribution in [0.4, 0.5) is 0 Å². The minimum Gasteiger partial charge on any atom is -0.363 e. The number of aromatic amines is 1. The second-order valence-corrected chi connectivity index (χ2v) is 6.95. The van der Waals surface area contributed by atoms with Crippen molar-refractivity contribution in [2.75, 3.05) is 13.1 Å². The summed E-state index contributed by atoms with van der Waals surface area (Å²) < 4.78 is 0. The Bertz CT molecular complexity index is 474. The predicted octanol–water partition coefficient (Wildman–Crippen LogP) is 2.83. The van der Waals surface area contributed by atoms with E-state index in [9.17, 15) is 4.79 Å². The fourth-order valence-electron chi connectivity index (χ4n) is 4.01. The fraction of sp³-hybridized carbons (Fsp3) is 0.706. The van der Waals surface area contributed by atoms with Crippen molar-refractivity contribution in [1.82, 2.24) is 9.88 Å². The number of hydrogen-bond donors (Lipinski definition) is 2. The third kappa shape index (κ3) is 2.61. The van der Waals surface area contributed by atoms with E-state index in [0.717, 1.165) is 56.7 Å². The topological polar surface area (TPSA) is 62.1 Å². The maximum atomic E-state index is 13.2. The summed E-state index contributed by atoms with van der Waals surface area (Å²) in [5, 5.41) is 0. The first-order chi connectivity index (χ1) is 10.2. The molecule has 0 aromatic carbocycles. The standard InChI is InChI=1S/C17H27N3O/c1-13-6-8-17(12-18,9-7-13)16(21)20-11-3-5-15(20)14-4-2-10-19-14/h2,4,10,13,15,19H,3,5-9,11-12,18H2,1H3. The Hall–Kier alpha value is -1.29. The van der Waals surface area contributed by atoms with E-state index < -0.39 is 0 Å². The van der Waals surface area contributed by atoms with E-state index in [0.29, 0.717) is 12.5 Å². The number of nitrogens with two attached hydrogens (primary N) is 1. The molecule has 1 aromatic heterocycles. The highest BCUT2D eigenvalue weighted by atomic mass is 16.2. The highest BCUT2D eigenvalue weighted by molar-refractivity contribution is 5.83. The van der Waals surface area contributed by atoms with Gasteiger partial charge in [0.1, 0.15) is 0 Å². The number of amides is 1. The van der Waals surface area contributed by atoms with E-state index in [1.54, 1.807) is 0 Å². The third-order valence-electron chi connectivity index (χ3n) is 5.57. The molecule has 3 N–H and O–H groups in total.